The molecule has 6 nitrogen and oxygen atoms in total. The SMILES string of the molecule is CCCn1nc(-c2nnc(NC)s2)ccc1=O. The van der Waals surface area contributed by atoms with Crippen LogP contribution in [0, 0.1) is 0 Å². The summed E-state index contributed by atoms with van der Waals surface area (Å²) >= 11 is 1.41. The van der Waals surface area contributed by atoms with E-state index in [1.807, 2.05) is 6.92 Å². The minimum atomic E-state index is -0.0889. The predicted octanol–water partition coefficient (Wildman–Crippen LogP) is 1.21. The zero-order valence-corrected chi connectivity index (χ0v) is 10.5. The highest BCUT2D eigenvalue weighted by molar-refractivity contribution is 7.18. The van der Waals surface area contributed by atoms with Gasteiger partial charge in [-0.05, 0) is 12.5 Å². The van der Waals surface area contributed by atoms with Crippen LogP contribution in [-0.2, 0) is 6.54 Å². The smallest absolute Gasteiger partial charge is 0.266 e. The fraction of sp³-hybridized carbons (Fsp3) is 0.400. The van der Waals surface area contributed by atoms with Crippen molar-refractivity contribution in [3.8, 4) is 10.7 Å². The molecule has 0 aliphatic heterocycles. The maximum Gasteiger partial charge on any atom is 0.266 e. The molecule has 7 heteroatoms. The highest BCUT2D eigenvalue weighted by Gasteiger charge is 2.08. The Morgan fingerprint density at radius 3 is 2.88 bits per heavy atom. The average Bonchev–Trinajstić information content (AvgIpc) is 2.81. The normalized spacial score (nSPS) is 10.5. The molecule has 2 heterocycles. The van der Waals surface area contributed by atoms with E-state index in [1.165, 1.54) is 22.1 Å². The first-order valence-corrected chi connectivity index (χ1v) is 6.16. The van der Waals surface area contributed by atoms with E-state index in [2.05, 4.69) is 20.6 Å². The molecule has 0 saturated carbocycles. The Balaban J connectivity index is 2.38. The summed E-state index contributed by atoms with van der Waals surface area (Å²) in [5.41, 5.74) is 0.589. The molecule has 0 fully saturated rings. The van der Waals surface area contributed by atoms with Crippen LogP contribution in [0.25, 0.3) is 10.7 Å². The first kappa shape index (κ1) is 11.7. The van der Waals surface area contributed by atoms with Crippen LogP contribution in [0.4, 0.5) is 5.13 Å². The van der Waals surface area contributed by atoms with Gasteiger partial charge in [0.25, 0.3) is 5.56 Å². The first-order valence-electron chi connectivity index (χ1n) is 5.34. The quantitative estimate of drug-likeness (QED) is 0.884. The van der Waals surface area contributed by atoms with Crippen molar-refractivity contribution in [1.29, 1.82) is 0 Å². The van der Waals surface area contributed by atoms with Crippen LogP contribution >= 0.6 is 11.3 Å². The number of hydrogen-bond acceptors (Lipinski definition) is 6. The second-order valence-electron chi connectivity index (χ2n) is 3.44. The molecule has 90 valence electrons. The Morgan fingerprint density at radius 1 is 1.41 bits per heavy atom. The van der Waals surface area contributed by atoms with Crippen LogP contribution in [0.5, 0.6) is 0 Å². The van der Waals surface area contributed by atoms with E-state index in [1.54, 1.807) is 13.1 Å². The lowest BCUT2D eigenvalue weighted by Gasteiger charge is -2.02. The third-order valence-corrected chi connectivity index (χ3v) is 3.12. The van der Waals surface area contributed by atoms with Crippen molar-refractivity contribution in [1.82, 2.24) is 20.0 Å². The molecule has 0 unspecified atom stereocenters. The third-order valence-electron chi connectivity index (χ3n) is 2.16. The summed E-state index contributed by atoms with van der Waals surface area (Å²) in [5.74, 6) is 0. The first-order chi connectivity index (χ1) is 8.24. The topological polar surface area (TPSA) is 72.7 Å². The van der Waals surface area contributed by atoms with E-state index in [0.29, 0.717) is 17.2 Å². The summed E-state index contributed by atoms with van der Waals surface area (Å²) in [6.45, 7) is 2.62. The van der Waals surface area contributed by atoms with Crippen LogP contribution < -0.4 is 10.9 Å². The number of aromatic nitrogens is 4. The van der Waals surface area contributed by atoms with Crippen molar-refractivity contribution >= 4 is 16.5 Å². The Bertz CT molecular complexity index is 562. The van der Waals surface area contributed by atoms with Crippen molar-refractivity contribution in [3.05, 3.63) is 22.5 Å². The van der Waals surface area contributed by atoms with E-state index in [4.69, 9.17) is 0 Å². The standard InChI is InChI=1S/C10H13N5OS/c1-3-6-15-8(16)5-4-7(14-15)9-12-13-10(11-2)17-9/h4-5H,3,6H2,1-2H3,(H,11,13). The van der Waals surface area contributed by atoms with Gasteiger partial charge in [0, 0.05) is 19.7 Å². The lowest BCUT2D eigenvalue weighted by atomic mass is 10.4. The van der Waals surface area contributed by atoms with E-state index in [9.17, 15) is 4.79 Å². The lowest BCUT2D eigenvalue weighted by Crippen LogP contribution is -2.21. The Kier molecular flexibility index (Phi) is 3.48. The third kappa shape index (κ3) is 2.50. The fourth-order valence-electron chi connectivity index (χ4n) is 1.36. The molecule has 17 heavy (non-hydrogen) atoms. The van der Waals surface area contributed by atoms with E-state index in [0.717, 1.165) is 11.6 Å². The minimum absolute atomic E-state index is 0.0889. The van der Waals surface area contributed by atoms with E-state index < -0.39 is 0 Å². The summed E-state index contributed by atoms with van der Waals surface area (Å²) in [4.78, 5) is 11.5. The monoisotopic (exact) mass is 251 g/mol. The Hall–Kier alpha value is -1.76. The Labute approximate surface area is 102 Å². The molecule has 0 bridgehead atoms. The summed E-state index contributed by atoms with van der Waals surface area (Å²) in [6.07, 6.45) is 0.869. The van der Waals surface area contributed by atoms with E-state index >= 15 is 0 Å². The van der Waals surface area contributed by atoms with Crippen LogP contribution in [-0.4, -0.2) is 27.0 Å². The fourth-order valence-corrected chi connectivity index (χ4v) is 2.02. The van der Waals surface area contributed by atoms with Gasteiger partial charge in [0.2, 0.25) is 5.13 Å². The average molecular weight is 251 g/mol. The molecule has 0 spiro atoms. The van der Waals surface area contributed by atoms with Gasteiger partial charge in [-0.1, -0.05) is 18.3 Å². The maximum absolute atomic E-state index is 11.5. The largest absolute Gasteiger partial charge is 0.363 e. The van der Waals surface area contributed by atoms with E-state index in [-0.39, 0.29) is 5.56 Å². The molecule has 2 aromatic heterocycles. The van der Waals surface area contributed by atoms with Gasteiger partial charge in [0.15, 0.2) is 5.01 Å². The van der Waals surface area contributed by atoms with Crippen molar-refractivity contribution in [3.63, 3.8) is 0 Å². The highest BCUT2D eigenvalue weighted by atomic mass is 32.1. The molecule has 0 aromatic carbocycles. The van der Waals surface area contributed by atoms with Crippen molar-refractivity contribution in [2.75, 3.05) is 12.4 Å². The number of nitrogens with one attached hydrogen (secondary N) is 1. The maximum atomic E-state index is 11.5. The molecule has 0 aliphatic rings. The molecule has 0 saturated heterocycles. The summed E-state index contributed by atoms with van der Waals surface area (Å²) in [5, 5.41) is 16.6. The van der Waals surface area contributed by atoms with Gasteiger partial charge in [-0.3, -0.25) is 4.79 Å². The zero-order valence-electron chi connectivity index (χ0n) is 9.67. The molecule has 0 aliphatic carbocycles. The number of hydrogen-bond donors (Lipinski definition) is 1. The van der Waals surface area contributed by atoms with Crippen molar-refractivity contribution < 1.29 is 0 Å². The molecule has 1 N–H and O–H groups in total. The van der Waals surface area contributed by atoms with Gasteiger partial charge >= 0.3 is 0 Å². The summed E-state index contributed by atoms with van der Waals surface area (Å²) in [6, 6.07) is 3.19. The second kappa shape index (κ2) is 5.05. The van der Waals surface area contributed by atoms with Gasteiger partial charge in [-0.2, -0.15) is 5.10 Å². The van der Waals surface area contributed by atoms with Gasteiger partial charge in [-0.15, -0.1) is 10.2 Å². The zero-order chi connectivity index (χ0) is 12.3. The van der Waals surface area contributed by atoms with Gasteiger partial charge < -0.3 is 5.32 Å². The van der Waals surface area contributed by atoms with Gasteiger partial charge in [0.1, 0.15) is 5.69 Å². The van der Waals surface area contributed by atoms with Crippen molar-refractivity contribution in [2.24, 2.45) is 0 Å². The second-order valence-corrected chi connectivity index (χ2v) is 4.42. The minimum Gasteiger partial charge on any atom is -0.363 e. The number of nitrogens with zero attached hydrogens (tertiary/aromatic N) is 4. The van der Waals surface area contributed by atoms with Crippen LogP contribution in [0.15, 0.2) is 16.9 Å². The van der Waals surface area contributed by atoms with Crippen molar-refractivity contribution in [2.45, 2.75) is 19.9 Å². The molecular formula is C10H13N5OS. The van der Waals surface area contributed by atoms with Crippen LogP contribution in [0.2, 0.25) is 0 Å². The molecular weight excluding hydrogens is 238 g/mol. The lowest BCUT2D eigenvalue weighted by molar-refractivity contribution is 0.570. The molecule has 2 rings (SSSR count). The number of aryl methyl sites for hydroxylation is 1. The summed E-state index contributed by atoms with van der Waals surface area (Å²) in [7, 11) is 1.79. The number of anilines is 1. The molecule has 0 radical (unpaired) electrons. The predicted molar refractivity (Wildman–Crippen MR) is 67.2 cm³/mol. The number of rotatable bonds is 4. The Morgan fingerprint density at radius 2 is 2.24 bits per heavy atom. The molecule has 0 atom stereocenters. The molecule has 2 aromatic rings. The van der Waals surface area contributed by atoms with Gasteiger partial charge in [0.05, 0.1) is 0 Å². The van der Waals surface area contributed by atoms with Crippen LogP contribution in [0.3, 0.4) is 0 Å². The summed E-state index contributed by atoms with van der Waals surface area (Å²) < 4.78 is 1.45. The van der Waals surface area contributed by atoms with Gasteiger partial charge in [-0.25, -0.2) is 4.68 Å². The van der Waals surface area contributed by atoms with Crippen LogP contribution in [0.1, 0.15) is 13.3 Å². The highest BCUT2D eigenvalue weighted by Crippen LogP contribution is 2.23. The molecule has 0 amide bonds.